The van der Waals surface area contributed by atoms with Gasteiger partial charge in [0.25, 0.3) is 0 Å². The summed E-state index contributed by atoms with van der Waals surface area (Å²) in [6.07, 6.45) is 0. The Hall–Kier alpha value is -2.44. The van der Waals surface area contributed by atoms with Crippen molar-refractivity contribution in [2.45, 2.75) is 29.1 Å². The lowest BCUT2D eigenvalue weighted by Crippen LogP contribution is -2.26. The molecule has 6 rings (SSSR count). The highest BCUT2D eigenvalue weighted by molar-refractivity contribution is 14.1. The Balaban J connectivity index is 1.63. The summed E-state index contributed by atoms with van der Waals surface area (Å²) < 4.78 is 7.84. The first-order chi connectivity index (χ1) is 15.1. The first-order valence-corrected chi connectivity index (χ1v) is 12.2. The normalized spacial score (nSPS) is 15.3. The average molecular weight is 533 g/mol. The van der Waals surface area contributed by atoms with Gasteiger partial charge in [0.05, 0.1) is 20.6 Å². The maximum absolute atomic E-state index is 6.70. The zero-order valence-electron chi connectivity index (χ0n) is 17.2. The van der Waals surface area contributed by atoms with Gasteiger partial charge in [-0.3, -0.25) is 0 Å². The van der Waals surface area contributed by atoms with Crippen molar-refractivity contribution in [3.8, 4) is 11.5 Å². The first kappa shape index (κ1) is 19.3. The van der Waals surface area contributed by atoms with E-state index in [1.165, 1.54) is 32.3 Å². The van der Waals surface area contributed by atoms with E-state index in [1.807, 2.05) is 11.8 Å². The quantitative estimate of drug-likeness (QED) is 0.200. The SMILES string of the molecule is CC1(C)c2cccc(I)c2Oc2c(N3c4ccccc4Sc4ccccc43)cccc21. The van der Waals surface area contributed by atoms with E-state index in [0.717, 1.165) is 20.8 Å². The van der Waals surface area contributed by atoms with Crippen LogP contribution in [0.5, 0.6) is 11.5 Å². The van der Waals surface area contributed by atoms with E-state index in [4.69, 9.17) is 4.74 Å². The fourth-order valence-corrected chi connectivity index (χ4v) is 6.28. The number of hydrogen-bond acceptors (Lipinski definition) is 3. The van der Waals surface area contributed by atoms with Crippen LogP contribution in [-0.2, 0) is 5.41 Å². The molecular weight excluding hydrogens is 513 g/mol. The van der Waals surface area contributed by atoms with E-state index in [9.17, 15) is 0 Å². The van der Waals surface area contributed by atoms with Crippen molar-refractivity contribution < 1.29 is 4.74 Å². The molecule has 2 nitrogen and oxygen atoms in total. The van der Waals surface area contributed by atoms with E-state index < -0.39 is 0 Å². The maximum atomic E-state index is 6.70. The number of halogens is 1. The Morgan fingerprint density at radius 1 is 0.677 bits per heavy atom. The highest BCUT2D eigenvalue weighted by atomic mass is 127. The van der Waals surface area contributed by atoms with Gasteiger partial charge in [0.1, 0.15) is 5.75 Å². The molecule has 4 heteroatoms. The third kappa shape index (κ3) is 2.84. The number of hydrogen-bond donors (Lipinski definition) is 0. The van der Waals surface area contributed by atoms with Crippen molar-refractivity contribution in [2.24, 2.45) is 0 Å². The molecule has 4 aromatic rings. The van der Waals surface area contributed by atoms with Crippen LogP contribution >= 0.6 is 34.4 Å². The average Bonchev–Trinajstić information content (AvgIpc) is 2.78. The van der Waals surface area contributed by atoms with Gasteiger partial charge in [-0.15, -0.1) is 0 Å². The van der Waals surface area contributed by atoms with Gasteiger partial charge in [-0.25, -0.2) is 0 Å². The largest absolute Gasteiger partial charge is 0.453 e. The number of benzene rings is 4. The van der Waals surface area contributed by atoms with Gasteiger partial charge in [-0.1, -0.05) is 74.1 Å². The third-order valence-corrected chi connectivity index (χ3v) is 8.16. The van der Waals surface area contributed by atoms with Gasteiger partial charge in [0.2, 0.25) is 0 Å². The summed E-state index contributed by atoms with van der Waals surface area (Å²) in [5.41, 5.74) is 5.76. The summed E-state index contributed by atoms with van der Waals surface area (Å²) in [5.74, 6) is 1.92. The molecule has 0 radical (unpaired) electrons. The molecule has 0 fully saturated rings. The summed E-state index contributed by atoms with van der Waals surface area (Å²) in [6, 6.07) is 30.2. The first-order valence-electron chi connectivity index (χ1n) is 10.3. The summed E-state index contributed by atoms with van der Waals surface area (Å²) in [4.78, 5) is 4.87. The number of ether oxygens (including phenoxy) is 1. The Morgan fingerprint density at radius 2 is 1.23 bits per heavy atom. The van der Waals surface area contributed by atoms with Gasteiger partial charge >= 0.3 is 0 Å². The van der Waals surface area contributed by atoms with E-state index in [2.05, 4.69) is 126 Å². The number of para-hydroxylation sites is 4. The molecule has 0 aliphatic carbocycles. The van der Waals surface area contributed by atoms with Crippen LogP contribution in [0.25, 0.3) is 0 Å². The smallest absolute Gasteiger partial charge is 0.155 e. The summed E-state index contributed by atoms with van der Waals surface area (Å²) in [6.45, 7) is 4.59. The predicted molar refractivity (Wildman–Crippen MR) is 137 cm³/mol. The number of fused-ring (bicyclic) bond motifs is 4. The Kier molecular flexibility index (Phi) is 4.37. The molecule has 0 unspecified atom stereocenters. The molecule has 0 saturated heterocycles. The van der Waals surface area contributed by atoms with Crippen LogP contribution in [0, 0.1) is 3.57 Å². The molecular formula is C27H20INOS. The Labute approximate surface area is 200 Å². The lowest BCUT2D eigenvalue weighted by atomic mass is 9.75. The maximum Gasteiger partial charge on any atom is 0.155 e. The molecule has 4 aromatic carbocycles. The zero-order valence-corrected chi connectivity index (χ0v) is 20.2. The lowest BCUT2D eigenvalue weighted by molar-refractivity contribution is 0.416. The lowest BCUT2D eigenvalue weighted by Gasteiger charge is -2.39. The third-order valence-electron chi connectivity index (χ3n) is 6.19. The van der Waals surface area contributed by atoms with E-state index in [0.29, 0.717) is 0 Å². The van der Waals surface area contributed by atoms with E-state index in [1.54, 1.807) is 0 Å². The minimum atomic E-state index is -0.149. The molecule has 0 amide bonds. The minimum absolute atomic E-state index is 0.149. The Bertz CT molecular complexity index is 1300. The summed E-state index contributed by atoms with van der Waals surface area (Å²) in [5, 5.41) is 0. The van der Waals surface area contributed by atoms with Gasteiger partial charge in [0, 0.05) is 26.3 Å². The highest BCUT2D eigenvalue weighted by Gasteiger charge is 2.38. The van der Waals surface area contributed by atoms with Crippen molar-refractivity contribution in [1.82, 2.24) is 0 Å². The molecule has 0 aromatic heterocycles. The summed E-state index contributed by atoms with van der Waals surface area (Å²) >= 11 is 4.21. The van der Waals surface area contributed by atoms with Crippen molar-refractivity contribution in [1.29, 1.82) is 0 Å². The molecule has 2 heterocycles. The van der Waals surface area contributed by atoms with Gasteiger partial charge < -0.3 is 9.64 Å². The molecule has 2 aliphatic rings. The second kappa shape index (κ2) is 7.04. The van der Waals surface area contributed by atoms with Crippen molar-refractivity contribution in [2.75, 3.05) is 4.90 Å². The number of anilines is 3. The molecule has 2 aliphatic heterocycles. The molecule has 0 bridgehead atoms. The fraction of sp³-hybridized carbons (Fsp3) is 0.111. The van der Waals surface area contributed by atoms with Gasteiger partial charge in [-0.05, 0) is 59.0 Å². The van der Waals surface area contributed by atoms with Crippen molar-refractivity contribution >= 4 is 51.4 Å². The molecule has 0 spiro atoms. The highest BCUT2D eigenvalue weighted by Crippen LogP contribution is 2.57. The summed E-state index contributed by atoms with van der Waals surface area (Å²) in [7, 11) is 0. The van der Waals surface area contributed by atoms with Crippen LogP contribution in [0.3, 0.4) is 0 Å². The van der Waals surface area contributed by atoms with Crippen LogP contribution in [0.2, 0.25) is 0 Å². The van der Waals surface area contributed by atoms with Crippen LogP contribution in [0.1, 0.15) is 25.0 Å². The zero-order chi connectivity index (χ0) is 21.2. The second-order valence-electron chi connectivity index (χ2n) is 8.37. The monoisotopic (exact) mass is 533 g/mol. The van der Waals surface area contributed by atoms with E-state index in [-0.39, 0.29) is 5.41 Å². The number of nitrogens with zero attached hydrogens (tertiary/aromatic N) is 1. The van der Waals surface area contributed by atoms with Crippen molar-refractivity contribution in [3.63, 3.8) is 0 Å². The molecule has 0 atom stereocenters. The fourth-order valence-electron chi connectivity index (χ4n) is 4.62. The molecule has 31 heavy (non-hydrogen) atoms. The predicted octanol–water partition coefficient (Wildman–Crippen LogP) is 8.66. The van der Waals surface area contributed by atoms with Crippen LogP contribution in [-0.4, -0.2) is 0 Å². The Morgan fingerprint density at radius 3 is 1.90 bits per heavy atom. The second-order valence-corrected chi connectivity index (χ2v) is 10.6. The van der Waals surface area contributed by atoms with Crippen molar-refractivity contribution in [3.05, 3.63) is 99.6 Å². The standard InChI is InChI=1S/C27H20INOS/c1-27(2)17-9-7-11-19(28)25(17)30-26-18(27)10-8-14-22(26)29-20-12-3-5-15-23(20)31-24-16-6-4-13-21(24)29/h3-16H,1-2H3. The number of rotatable bonds is 1. The van der Waals surface area contributed by atoms with E-state index >= 15 is 0 Å². The topological polar surface area (TPSA) is 12.5 Å². The van der Waals surface area contributed by atoms with Crippen LogP contribution in [0.4, 0.5) is 17.1 Å². The molecule has 0 N–H and O–H groups in total. The van der Waals surface area contributed by atoms with Gasteiger partial charge in [0.15, 0.2) is 5.75 Å². The van der Waals surface area contributed by atoms with Crippen LogP contribution < -0.4 is 9.64 Å². The van der Waals surface area contributed by atoms with Crippen LogP contribution in [0.15, 0.2) is 94.7 Å². The minimum Gasteiger partial charge on any atom is -0.453 e. The van der Waals surface area contributed by atoms with Gasteiger partial charge in [-0.2, -0.15) is 0 Å². The molecule has 0 saturated carbocycles. The molecule has 152 valence electrons.